The van der Waals surface area contributed by atoms with Gasteiger partial charge in [-0.25, -0.2) is 0 Å². The summed E-state index contributed by atoms with van der Waals surface area (Å²) in [5.74, 6) is -1.05. The first-order valence-corrected chi connectivity index (χ1v) is 9.58. The second-order valence-electron chi connectivity index (χ2n) is 8.39. The summed E-state index contributed by atoms with van der Waals surface area (Å²) in [6.45, 7) is 13.6. The van der Waals surface area contributed by atoms with Crippen LogP contribution in [0, 0.1) is 11.8 Å². The highest BCUT2D eigenvalue weighted by Gasteiger charge is 2.28. The zero-order valence-corrected chi connectivity index (χ0v) is 17.7. The minimum atomic E-state index is -0.580. The van der Waals surface area contributed by atoms with Crippen molar-refractivity contribution in [3.63, 3.8) is 0 Å². The van der Waals surface area contributed by atoms with Crippen molar-refractivity contribution in [1.29, 1.82) is 0 Å². The molecular weight excluding hydrogens is 344 g/mol. The summed E-state index contributed by atoms with van der Waals surface area (Å²) in [7, 11) is 0. The van der Waals surface area contributed by atoms with Gasteiger partial charge >= 0.3 is 11.9 Å². The fraction of sp³-hybridized carbons (Fsp3) is 0.636. The molecule has 0 amide bonds. The second-order valence-corrected chi connectivity index (χ2v) is 8.39. The lowest BCUT2D eigenvalue weighted by Crippen LogP contribution is -2.30. The zero-order valence-electron chi connectivity index (χ0n) is 17.7. The molecule has 1 aromatic carbocycles. The van der Waals surface area contributed by atoms with Gasteiger partial charge in [-0.3, -0.25) is 9.59 Å². The van der Waals surface area contributed by atoms with Crippen molar-refractivity contribution in [1.82, 2.24) is 0 Å². The van der Waals surface area contributed by atoms with Gasteiger partial charge in [0.05, 0.1) is 12.3 Å². The predicted molar refractivity (Wildman–Crippen MR) is 105 cm³/mol. The van der Waals surface area contributed by atoms with Crippen LogP contribution in [0.4, 0.5) is 0 Å². The quantitative estimate of drug-likeness (QED) is 0.583. The molecule has 0 heterocycles. The van der Waals surface area contributed by atoms with Crippen LogP contribution >= 0.6 is 0 Å². The summed E-state index contributed by atoms with van der Waals surface area (Å²) in [6, 6.07) is 9.71. The highest BCUT2D eigenvalue weighted by Crippen LogP contribution is 2.25. The van der Waals surface area contributed by atoms with E-state index in [4.69, 9.17) is 14.2 Å². The second kappa shape index (κ2) is 10.5. The summed E-state index contributed by atoms with van der Waals surface area (Å²) in [6.07, 6.45) is -0.836. The van der Waals surface area contributed by atoms with Crippen molar-refractivity contribution in [3.8, 4) is 0 Å². The lowest BCUT2D eigenvalue weighted by molar-refractivity contribution is -0.167. The molecule has 0 N–H and O–H groups in total. The van der Waals surface area contributed by atoms with Gasteiger partial charge in [0, 0.05) is 6.61 Å². The van der Waals surface area contributed by atoms with Gasteiger partial charge in [-0.2, -0.15) is 0 Å². The van der Waals surface area contributed by atoms with Crippen LogP contribution in [0.5, 0.6) is 0 Å². The summed E-state index contributed by atoms with van der Waals surface area (Å²) in [5.41, 5.74) is 0.384. The standard InChI is InChI=1S/C22H34O5/c1-15(2)14-25-20(18-11-9-8-10-12-18)17(4)26-21(24)16(3)13-19(23)27-22(5,6)7/h8-12,15-17,20H,13-14H2,1-7H3/t16-,17+,20-/m1/s1. The summed E-state index contributed by atoms with van der Waals surface area (Å²) >= 11 is 0. The third-order valence-corrected chi connectivity index (χ3v) is 3.76. The van der Waals surface area contributed by atoms with E-state index in [2.05, 4.69) is 13.8 Å². The SMILES string of the molecule is CC(C)CO[C@@H](c1ccccc1)[C@H](C)OC(=O)[C@H](C)CC(=O)OC(C)(C)C. The molecule has 3 atom stereocenters. The summed E-state index contributed by atoms with van der Waals surface area (Å²) in [5, 5.41) is 0. The van der Waals surface area contributed by atoms with Crippen molar-refractivity contribution in [2.45, 2.75) is 72.7 Å². The van der Waals surface area contributed by atoms with Crippen molar-refractivity contribution in [3.05, 3.63) is 35.9 Å². The van der Waals surface area contributed by atoms with Crippen LogP contribution < -0.4 is 0 Å². The van der Waals surface area contributed by atoms with E-state index in [1.54, 1.807) is 27.7 Å². The Bertz CT molecular complexity index is 588. The van der Waals surface area contributed by atoms with Gasteiger partial charge in [0.25, 0.3) is 0 Å². The Labute approximate surface area is 163 Å². The lowest BCUT2D eigenvalue weighted by atomic mass is 10.0. The maximum absolute atomic E-state index is 12.4. The smallest absolute Gasteiger partial charge is 0.309 e. The Hall–Kier alpha value is -1.88. The molecule has 0 aromatic heterocycles. The highest BCUT2D eigenvalue weighted by atomic mass is 16.6. The molecule has 0 bridgehead atoms. The normalized spacial score (nSPS) is 15.1. The van der Waals surface area contributed by atoms with Crippen molar-refractivity contribution < 1.29 is 23.8 Å². The van der Waals surface area contributed by atoms with E-state index >= 15 is 0 Å². The largest absolute Gasteiger partial charge is 0.460 e. The Morgan fingerprint density at radius 2 is 1.59 bits per heavy atom. The molecule has 5 nitrogen and oxygen atoms in total. The Balaban J connectivity index is 2.71. The molecule has 0 aliphatic rings. The molecule has 0 aliphatic heterocycles. The van der Waals surface area contributed by atoms with Gasteiger partial charge < -0.3 is 14.2 Å². The molecule has 0 saturated carbocycles. The van der Waals surface area contributed by atoms with E-state index in [0.29, 0.717) is 12.5 Å². The molecule has 0 fully saturated rings. The van der Waals surface area contributed by atoms with Gasteiger partial charge in [-0.15, -0.1) is 0 Å². The molecule has 152 valence electrons. The Kier molecular flexibility index (Phi) is 8.97. The molecule has 27 heavy (non-hydrogen) atoms. The Morgan fingerprint density at radius 3 is 2.11 bits per heavy atom. The number of rotatable bonds is 9. The van der Waals surface area contributed by atoms with E-state index in [9.17, 15) is 9.59 Å². The van der Waals surface area contributed by atoms with E-state index in [1.165, 1.54) is 0 Å². The maximum Gasteiger partial charge on any atom is 0.309 e. The van der Waals surface area contributed by atoms with Crippen LogP contribution in [0.1, 0.15) is 66.6 Å². The van der Waals surface area contributed by atoms with Gasteiger partial charge in [0.1, 0.15) is 17.8 Å². The first-order chi connectivity index (χ1) is 12.5. The van der Waals surface area contributed by atoms with Gasteiger partial charge in [0.15, 0.2) is 0 Å². The van der Waals surface area contributed by atoms with Crippen LogP contribution in [-0.4, -0.2) is 30.3 Å². The molecule has 0 saturated heterocycles. The summed E-state index contributed by atoms with van der Waals surface area (Å²) in [4.78, 5) is 24.4. The van der Waals surface area contributed by atoms with Crippen molar-refractivity contribution in [2.75, 3.05) is 6.61 Å². The van der Waals surface area contributed by atoms with Crippen LogP contribution in [0.15, 0.2) is 30.3 Å². The van der Waals surface area contributed by atoms with Gasteiger partial charge in [-0.05, 0) is 39.2 Å². The average molecular weight is 379 g/mol. The predicted octanol–water partition coefficient (Wildman–Crippen LogP) is 4.70. The number of carbonyl (C=O) groups is 2. The van der Waals surface area contributed by atoms with E-state index in [1.807, 2.05) is 37.3 Å². The molecule has 1 aromatic rings. The van der Waals surface area contributed by atoms with Gasteiger partial charge in [-0.1, -0.05) is 51.1 Å². The summed E-state index contributed by atoms with van der Waals surface area (Å²) < 4.78 is 16.9. The number of hydrogen-bond donors (Lipinski definition) is 0. The monoisotopic (exact) mass is 378 g/mol. The maximum atomic E-state index is 12.4. The van der Waals surface area contributed by atoms with E-state index in [0.717, 1.165) is 5.56 Å². The molecule has 5 heteroatoms. The van der Waals surface area contributed by atoms with Crippen LogP contribution in [0.25, 0.3) is 0 Å². The number of ether oxygens (including phenoxy) is 3. The van der Waals surface area contributed by atoms with Crippen LogP contribution in [-0.2, 0) is 23.8 Å². The van der Waals surface area contributed by atoms with Gasteiger partial charge in [0.2, 0.25) is 0 Å². The number of benzene rings is 1. The molecule has 0 aliphatic carbocycles. The van der Waals surface area contributed by atoms with E-state index in [-0.39, 0.29) is 12.5 Å². The first kappa shape index (κ1) is 23.2. The number of esters is 2. The lowest BCUT2D eigenvalue weighted by Gasteiger charge is -2.27. The van der Waals surface area contributed by atoms with E-state index < -0.39 is 29.6 Å². The molecule has 0 unspecified atom stereocenters. The third-order valence-electron chi connectivity index (χ3n) is 3.76. The molecule has 0 radical (unpaired) electrons. The first-order valence-electron chi connectivity index (χ1n) is 9.58. The number of carbonyl (C=O) groups excluding carboxylic acids is 2. The fourth-order valence-electron chi connectivity index (χ4n) is 2.52. The van der Waals surface area contributed by atoms with Crippen LogP contribution in [0.2, 0.25) is 0 Å². The number of hydrogen-bond acceptors (Lipinski definition) is 5. The average Bonchev–Trinajstić information content (AvgIpc) is 2.53. The third kappa shape index (κ3) is 9.05. The zero-order chi connectivity index (χ0) is 20.6. The minimum Gasteiger partial charge on any atom is -0.460 e. The molecule has 1 rings (SSSR count). The molecular formula is C22H34O5. The molecule has 0 spiro atoms. The highest BCUT2D eigenvalue weighted by molar-refractivity contribution is 5.79. The Morgan fingerprint density at radius 1 is 1.00 bits per heavy atom. The minimum absolute atomic E-state index is 0.00826. The topological polar surface area (TPSA) is 61.8 Å². The van der Waals surface area contributed by atoms with Crippen molar-refractivity contribution >= 4 is 11.9 Å². The van der Waals surface area contributed by atoms with Crippen molar-refractivity contribution in [2.24, 2.45) is 11.8 Å². The van der Waals surface area contributed by atoms with Crippen LogP contribution in [0.3, 0.4) is 0 Å². The fourth-order valence-corrected chi connectivity index (χ4v) is 2.52.